The van der Waals surface area contributed by atoms with Crippen LogP contribution in [-0.2, 0) is 14.3 Å². The highest BCUT2D eigenvalue weighted by molar-refractivity contribution is 6.18. The van der Waals surface area contributed by atoms with E-state index in [4.69, 9.17) is 4.74 Å². The molecule has 2 aliphatic rings. The minimum atomic E-state index is -0.756. The molecule has 2 fully saturated rings. The topological polar surface area (TPSA) is 43.4 Å². The number of rotatable bonds is 1. The second kappa shape index (κ2) is 2.66. The number of ketones is 2. The van der Waals surface area contributed by atoms with Crippen LogP contribution in [0.25, 0.3) is 0 Å². The van der Waals surface area contributed by atoms with Crippen molar-refractivity contribution in [1.82, 2.24) is 0 Å². The van der Waals surface area contributed by atoms with E-state index in [-0.39, 0.29) is 11.6 Å². The zero-order valence-electron chi connectivity index (χ0n) is 8.92. The van der Waals surface area contributed by atoms with Gasteiger partial charge in [-0.15, -0.1) is 0 Å². The maximum absolute atomic E-state index is 12.1. The molecule has 0 amide bonds. The van der Waals surface area contributed by atoms with E-state index in [2.05, 4.69) is 0 Å². The van der Waals surface area contributed by atoms with Crippen molar-refractivity contribution >= 4 is 11.6 Å². The summed E-state index contributed by atoms with van der Waals surface area (Å²) in [7, 11) is 1.52. The fourth-order valence-electron chi connectivity index (χ4n) is 3.10. The lowest BCUT2D eigenvalue weighted by atomic mass is 9.69. The van der Waals surface area contributed by atoms with Crippen molar-refractivity contribution in [1.29, 1.82) is 0 Å². The highest BCUT2D eigenvalue weighted by Gasteiger charge is 2.65. The van der Waals surface area contributed by atoms with Gasteiger partial charge in [-0.25, -0.2) is 0 Å². The van der Waals surface area contributed by atoms with E-state index in [0.29, 0.717) is 6.42 Å². The van der Waals surface area contributed by atoms with Gasteiger partial charge in [-0.2, -0.15) is 0 Å². The first kappa shape index (κ1) is 9.84. The summed E-state index contributed by atoms with van der Waals surface area (Å²) >= 11 is 0. The minimum absolute atomic E-state index is 0.00926. The molecule has 0 heterocycles. The molecule has 0 spiro atoms. The van der Waals surface area contributed by atoms with Crippen molar-refractivity contribution in [2.24, 2.45) is 10.8 Å². The fourth-order valence-corrected chi connectivity index (χ4v) is 3.10. The maximum Gasteiger partial charge on any atom is 0.175 e. The number of Topliss-reactive ketones (excluding diaryl/α,β-unsaturated/α-hetero) is 2. The standard InChI is InChI=1S/C11H16O3/c1-10-5-4-6-11(2,9(10)13)8(14-3)7(10)12/h8H,4-6H2,1-3H3/t8?,10?,11-/m0/s1. The highest BCUT2D eigenvalue weighted by Crippen LogP contribution is 2.53. The smallest absolute Gasteiger partial charge is 0.175 e. The number of hydrogen-bond acceptors (Lipinski definition) is 3. The van der Waals surface area contributed by atoms with Crippen LogP contribution in [0.2, 0.25) is 0 Å². The normalized spacial score (nSPS) is 47.2. The molecule has 0 saturated heterocycles. The third kappa shape index (κ3) is 0.862. The Morgan fingerprint density at radius 1 is 1.29 bits per heavy atom. The van der Waals surface area contributed by atoms with Gasteiger partial charge in [0.25, 0.3) is 0 Å². The van der Waals surface area contributed by atoms with E-state index in [1.165, 1.54) is 7.11 Å². The Morgan fingerprint density at radius 2 is 1.93 bits per heavy atom. The molecule has 0 aromatic rings. The SMILES string of the molecule is COC1C(=O)C2(C)CCC[C@]1(C)C2=O. The molecule has 0 N–H and O–H groups in total. The van der Waals surface area contributed by atoms with Crippen molar-refractivity contribution in [2.45, 2.75) is 39.2 Å². The van der Waals surface area contributed by atoms with Crippen molar-refractivity contribution in [3.8, 4) is 0 Å². The largest absolute Gasteiger partial charge is 0.373 e. The van der Waals surface area contributed by atoms with E-state index in [1.807, 2.05) is 6.92 Å². The summed E-state index contributed by atoms with van der Waals surface area (Å²) in [6, 6.07) is 0. The summed E-state index contributed by atoms with van der Waals surface area (Å²) in [5.74, 6) is 0.0816. The molecular weight excluding hydrogens is 180 g/mol. The number of methoxy groups -OCH3 is 1. The van der Waals surface area contributed by atoms with E-state index in [9.17, 15) is 9.59 Å². The van der Waals surface area contributed by atoms with Crippen LogP contribution in [0.4, 0.5) is 0 Å². The first-order valence-corrected chi connectivity index (χ1v) is 5.09. The molecule has 3 atom stereocenters. The molecular formula is C11H16O3. The van der Waals surface area contributed by atoms with Crippen LogP contribution in [0.5, 0.6) is 0 Å². The monoisotopic (exact) mass is 196 g/mol. The summed E-state index contributed by atoms with van der Waals surface area (Å²) in [4.78, 5) is 24.1. The lowest BCUT2D eigenvalue weighted by Crippen LogP contribution is -2.39. The molecule has 0 aromatic carbocycles. The van der Waals surface area contributed by atoms with Crippen molar-refractivity contribution in [3.63, 3.8) is 0 Å². The van der Waals surface area contributed by atoms with Crippen LogP contribution in [0.1, 0.15) is 33.1 Å². The Kier molecular flexibility index (Phi) is 1.87. The van der Waals surface area contributed by atoms with Gasteiger partial charge in [0.15, 0.2) is 11.6 Å². The molecule has 14 heavy (non-hydrogen) atoms. The molecule has 3 heteroatoms. The summed E-state index contributed by atoms with van der Waals surface area (Å²) in [5, 5.41) is 0. The van der Waals surface area contributed by atoms with E-state index in [1.54, 1.807) is 6.92 Å². The average Bonchev–Trinajstić information content (AvgIpc) is 2.23. The summed E-state index contributed by atoms with van der Waals surface area (Å²) in [5.41, 5.74) is -1.31. The van der Waals surface area contributed by atoms with Crippen molar-refractivity contribution in [3.05, 3.63) is 0 Å². The summed E-state index contributed by atoms with van der Waals surface area (Å²) in [6.45, 7) is 3.64. The van der Waals surface area contributed by atoms with Crippen molar-refractivity contribution < 1.29 is 14.3 Å². The number of carbonyl (C=O) groups excluding carboxylic acids is 2. The van der Waals surface area contributed by atoms with Crippen molar-refractivity contribution in [2.75, 3.05) is 7.11 Å². The molecule has 2 unspecified atom stereocenters. The molecule has 2 rings (SSSR count). The molecule has 0 aliphatic heterocycles. The third-order valence-electron chi connectivity index (χ3n) is 3.99. The molecule has 3 nitrogen and oxygen atoms in total. The number of fused-ring (bicyclic) bond motifs is 2. The first-order chi connectivity index (χ1) is 6.47. The van der Waals surface area contributed by atoms with Crippen LogP contribution in [-0.4, -0.2) is 24.8 Å². The molecule has 0 radical (unpaired) electrons. The summed E-state index contributed by atoms with van der Waals surface area (Å²) in [6.07, 6.45) is 1.92. The fraction of sp³-hybridized carbons (Fsp3) is 0.818. The van der Waals surface area contributed by atoms with Gasteiger partial charge < -0.3 is 4.74 Å². The van der Waals surface area contributed by atoms with Gasteiger partial charge in [-0.1, -0.05) is 6.42 Å². The Hall–Kier alpha value is -0.700. The Labute approximate surface area is 83.8 Å². The van der Waals surface area contributed by atoms with Gasteiger partial charge in [0.2, 0.25) is 0 Å². The number of ether oxygens (including phenoxy) is 1. The van der Waals surface area contributed by atoms with Crippen LogP contribution in [0, 0.1) is 10.8 Å². The summed E-state index contributed by atoms with van der Waals surface area (Å²) < 4.78 is 5.21. The van der Waals surface area contributed by atoms with Crippen LogP contribution in [0.15, 0.2) is 0 Å². The highest BCUT2D eigenvalue weighted by atomic mass is 16.5. The molecule has 0 aromatic heterocycles. The van der Waals surface area contributed by atoms with Gasteiger partial charge in [-0.05, 0) is 26.7 Å². The quantitative estimate of drug-likeness (QED) is 0.594. The lowest BCUT2D eigenvalue weighted by molar-refractivity contribution is -0.139. The zero-order chi connectivity index (χ0) is 10.6. The Balaban J connectivity index is 2.52. The van der Waals surface area contributed by atoms with Crippen LogP contribution >= 0.6 is 0 Å². The molecule has 2 aliphatic carbocycles. The Bertz CT molecular complexity index is 310. The predicted molar refractivity (Wildman–Crippen MR) is 50.9 cm³/mol. The first-order valence-electron chi connectivity index (χ1n) is 5.09. The number of carbonyl (C=O) groups is 2. The van der Waals surface area contributed by atoms with Gasteiger partial charge in [0.05, 0.1) is 10.8 Å². The van der Waals surface area contributed by atoms with Crippen LogP contribution in [0.3, 0.4) is 0 Å². The Morgan fingerprint density at radius 3 is 2.43 bits per heavy atom. The molecule has 2 saturated carbocycles. The van der Waals surface area contributed by atoms with E-state index < -0.39 is 16.9 Å². The van der Waals surface area contributed by atoms with Gasteiger partial charge in [0.1, 0.15) is 6.10 Å². The second-order valence-electron chi connectivity index (χ2n) is 4.91. The van der Waals surface area contributed by atoms with Crippen LogP contribution < -0.4 is 0 Å². The molecule has 78 valence electrons. The van der Waals surface area contributed by atoms with E-state index >= 15 is 0 Å². The second-order valence-corrected chi connectivity index (χ2v) is 4.91. The van der Waals surface area contributed by atoms with Gasteiger partial charge in [0, 0.05) is 7.11 Å². The van der Waals surface area contributed by atoms with Gasteiger partial charge in [-0.3, -0.25) is 9.59 Å². The third-order valence-corrected chi connectivity index (χ3v) is 3.99. The average molecular weight is 196 g/mol. The predicted octanol–water partition coefficient (Wildman–Crippen LogP) is 1.35. The van der Waals surface area contributed by atoms with Gasteiger partial charge >= 0.3 is 0 Å². The maximum atomic E-state index is 12.1. The lowest BCUT2D eigenvalue weighted by Gasteiger charge is -2.32. The molecule has 2 bridgehead atoms. The minimum Gasteiger partial charge on any atom is -0.373 e. The zero-order valence-corrected chi connectivity index (χ0v) is 8.92. The van der Waals surface area contributed by atoms with E-state index in [0.717, 1.165) is 12.8 Å². The number of hydrogen-bond donors (Lipinski definition) is 0.